The lowest BCUT2D eigenvalue weighted by molar-refractivity contribution is -0.143. The molecule has 1 aliphatic heterocycles. The van der Waals surface area contributed by atoms with Crippen molar-refractivity contribution in [1.82, 2.24) is 15.1 Å². The van der Waals surface area contributed by atoms with E-state index in [0.29, 0.717) is 31.5 Å². The lowest BCUT2D eigenvalue weighted by atomic mass is 9.96. The van der Waals surface area contributed by atoms with Crippen molar-refractivity contribution in [2.24, 2.45) is 5.92 Å². The molecule has 2 aromatic rings. The zero-order chi connectivity index (χ0) is 14.1. The first-order valence-corrected chi connectivity index (χ1v) is 6.61. The predicted octanol–water partition coefficient (Wildman–Crippen LogP) is 1.50. The van der Waals surface area contributed by atoms with E-state index in [9.17, 15) is 9.59 Å². The molecule has 0 bridgehead atoms. The van der Waals surface area contributed by atoms with E-state index < -0.39 is 5.97 Å². The van der Waals surface area contributed by atoms with Crippen molar-refractivity contribution in [1.29, 1.82) is 0 Å². The Morgan fingerprint density at radius 3 is 2.75 bits per heavy atom. The molecular formula is C14H15N3O3. The Balaban J connectivity index is 1.80. The molecule has 1 fully saturated rings. The summed E-state index contributed by atoms with van der Waals surface area (Å²) < 4.78 is 0. The number of H-pyrrole nitrogens is 1. The van der Waals surface area contributed by atoms with Crippen LogP contribution in [0.25, 0.3) is 10.9 Å². The zero-order valence-corrected chi connectivity index (χ0v) is 10.9. The Kier molecular flexibility index (Phi) is 3.14. The highest BCUT2D eigenvalue weighted by Crippen LogP contribution is 2.22. The van der Waals surface area contributed by atoms with Crippen LogP contribution in [0.3, 0.4) is 0 Å². The largest absolute Gasteiger partial charge is 0.481 e. The maximum atomic E-state index is 12.5. The van der Waals surface area contributed by atoms with Crippen molar-refractivity contribution in [3.8, 4) is 0 Å². The molecule has 0 unspecified atom stereocenters. The number of likely N-dealkylation sites (tertiary alicyclic amines) is 1. The number of rotatable bonds is 2. The van der Waals surface area contributed by atoms with Crippen LogP contribution >= 0.6 is 0 Å². The normalized spacial score (nSPS) is 16.5. The number of piperidine rings is 1. The number of carbonyl (C=O) groups excluding carboxylic acids is 1. The Morgan fingerprint density at radius 1 is 1.30 bits per heavy atom. The lowest BCUT2D eigenvalue weighted by Crippen LogP contribution is -2.40. The number of para-hydroxylation sites is 1. The number of hydrogen-bond donors (Lipinski definition) is 2. The SMILES string of the molecule is O=C(O)C1CCN(C(=O)c2cccc3cn[nH]c23)CC1. The van der Waals surface area contributed by atoms with E-state index in [1.54, 1.807) is 17.2 Å². The van der Waals surface area contributed by atoms with Gasteiger partial charge in [0.05, 0.1) is 23.2 Å². The third-order valence-electron chi connectivity index (χ3n) is 3.84. The highest BCUT2D eigenvalue weighted by molar-refractivity contribution is 6.05. The second-order valence-corrected chi connectivity index (χ2v) is 5.04. The number of benzene rings is 1. The highest BCUT2D eigenvalue weighted by atomic mass is 16.4. The van der Waals surface area contributed by atoms with Crippen LogP contribution in [0.15, 0.2) is 24.4 Å². The smallest absolute Gasteiger partial charge is 0.306 e. The minimum atomic E-state index is -0.771. The van der Waals surface area contributed by atoms with Crippen molar-refractivity contribution in [2.45, 2.75) is 12.8 Å². The Bertz CT molecular complexity index is 656. The average Bonchev–Trinajstić information content (AvgIpc) is 2.95. The van der Waals surface area contributed by atoms with Crippen LogP contribution < -0.4 is 0 Å². The number of carboxylic acid groups (broad SMARTS) is 1. The van der Waals surface area contributed by atoms with Crippen molar-refractivity contribution in [3.63, 3.8) is 0 Å². The first kappa shape index (κ1) is 12.7. The van der Waals surface area contributed by atoms with Gasteiger partial charge in [-0.2, -0.15) is 5.10 Å². The van der Waals surface area contributed by atoms with Crippen LogP contribution in [0, 0.1) is 5.92 Å². The van der Waals surface area contributed by atoms with Gasteiger partial charge < -0.3 is 10.0 Å². The van der Waals surface area contributed by atoms with Crippen molar-refractivity contribution in [2.75, 3.05) is 13.1 Å². The van der Waals surface area contributed by atoms with Crippen LogP contribution in [-0.4, -0.2) is 45.2 Å². The van der Waals surface area contributed by atoms with Crippen LogP contribution in [0.1, 0.15) is 23.2 Å². The van der Waals surface area contributed by atoms with Gasteiger partial charge in [0, 0.05) is 18.5 Å². The minimum Gasteiger partial charge on any atom is -0.481 e. The van der Waals surface area contributed by atoms with Crippen molar-refractivity contribution >= 4 is 22.8 Å². The lowest BCUT2D eigenvalue weighted by Gasteiger charge is -2.30. The summed E-state index contributed by atoms with van der Waals surface area (Å²) >= 11 is 0. The summed E-state index contributed by atoms with van der Waals surface area (Å²) in [5, 5.41) is 16.7. The Hall–Kier alpha value is -2.37. The maximum Gasteiger partial charge on any atom is 0.306 e. The highest BCUT2D eigenvalue weighted by Gasteiger charge is 2.28. The monoisotopic (exact) mass is 273 g/mol. The summed E-state index contributed by atoms with van der Waals surface area (Å²) in [6.45, 7) is 0.973. The summed E-state index contributed by atoms with van der Waals surface area (Å²) in [7, 11) is 0. The number of aromatic amines is 1. The number of nitrogens with zero attached hydrogens (tertiary/aromatic N) is 2. The number of aliphatic carboxylic acids is 1. The second-order valence-electron chi connectivity index (χ2n) is 5.04. The molecule has 0 radical (unpaired) electrons. The zero-order valence-electron chi connectivity index (χ0n) is 10.9. The van der Waals surface area contributed by atoms with Gasteiger partial charge in [0.1, 0.15) is 0 Å². The molecule has 2 heterocycles. The summed E-state index contributed by atoms with van der Waals surface area (Å²) in [4.78, 5) is 25.2. The van der Waals surface area contributed by atoms with Crippen molar-refractivity contribution < 1.29 is 14.7 Å². The molecule has 1 aliphatic rings. The van der Waals surface area contributed by atoms with Gasteiger partial charge in [-0.25, -0.2) is 0 Å². The maximum absolute atomic E-state index is 12.5. The number of fused-ring (bicyclic) bond motifs is 1. The number of aromatic nitrogens is 2. The molecule has 0 saturated carbocycles. The number of nitrogens with one attached hydrogen (secondary N) is 1. The standard InChI is InChI=1S/C14H15N3O3/c18-13(17-6-4-9(5-7-17)14(19)20)11-3-1-2-10-8-15-16-12(10)11/h1-3,8-9H,4-7H2,(H,15,16)(H,19,20). The van der Waals surface area contributed by atoms with Gasteiger partial charge >= 0.3 is 5.97 Å². The molecule has 0 atom stereocenters. The fourth-order valence-corrected chi connectivity index (χ4v) is 2.65. The van der Waals surface area contributed by atoms with Gasteiger partial charge in [0.25, 0.3) is 5.91 Å². The molecular weight excluding hydrogens is 258 g/mol. The van der Waals surface area contributed by atoms with Crippen LogP contribution in [0.5, 0.6) is 0 Å². The summed E-state index contributed by atoms with van der Waals surface area (Å²) in [6.07, 6.45) is 2.71. The van der Waals surface area contributed by atoms with Gasteiger partial charge in [-0.05, 0) is 18.9 Å². The Morgan fingerprint density at radius 2 is 2.05 bits per heavy atom. The van der Waals surface area contributed by atoms with E-state index in [0.717, 1.165) is 10.9 Å². The second kappa shape index (κ2) is 4.96. The van der Waals surface area contributed by atoms with Crippen LogP contribution in [0.4, 0.5) is 0 Å². The molecule has 20 heavy (non-hydrogen) atoms. The minimum absolute atomic E-state index is 0.0660. The van der Waals surface area contributed by atoms with E-state index in [4.69, 9.17) is 5.11 Å². The van der Waals surface area contributed by atoms with Gasteiger partial charge in [-0.3, -0.25) is 14.7 Å². The molecule has 6 nitrogen and oxygen atoms in total. The first-order chi connectivity index (χ1) is 9.66. The van der Waals surface area contributed by atoms with Gasteiger partial charge in [-0.15, -0.1) is 0 Å². The summed E-state index contributed by atoms with van der Waals surface area (Å²) in [5.41, 5.74) is 1.33. The van der Waals surface area contributed by atoms with Gasteiger partial charge in [-0.1, -0.05) is 12.1 Å². The number of amides is 1. The molecule has 1 amide bonds. The van der Waals surface area contributed by atoms with E-state index in [1.165, 1.54) is 0 Å². The summed E-state index contributed by atoms with van der Waals surface area (Å²) in [6, 6.07) is 5.49. The molecule has 1 aromatic carbocycles. The third kappa shape index (κ3) is 2.13. The number of carboxylic acids is 1. The molecule has 1 saturated heterocycles. The van der Waals surface area contributed by atoms with Gasteiger partial charge in [0.15, 0.2) is 0 Å². The fourth-order valence-electron chi connectivity index (χ4n) is 2.65. The molecule has 6 heteroatoms. The number of hydrogen-bond acceptors (Lipinski definition) is 3. The molecule has 3 rings (SSSR count). The number of carbonyl (C=O) groups is 2. The first-order valence-electron chi connectivity index (χ1n) is 6.61. The van der Waals surface area contributed by atoms with Crippen LogP contribution in [-0.2, 0) is 4.79 Å². The topological polar surface area (TPSA) is 86.3 Å². The summed E-state index contributed by atoms with van der Waals surface area (Å²) in [5.74, 6) is -1.17. The molecule has 2 N–H and O–H groups in total. The predicted molar refractivity (Wildman–Crippen MR) is 72.4 cm³/mol. The quantitative estimate of drug-likeness (QED) is 0.868. The molecule has 0 spiro atoms. The average molecular weight is 273 g/mol. The van der Waals surface area contributed by atoms with E-state index in [-0.39, 0.29) is 11.8 Å². The molecule has 1 aromatic heterocycles. The van der Waals surface area contributed by atoms with Crippen molar-refractivity contribution in [3.05, 3.63) is 30.0 Å². The molecule has 0 aliphatic carbocycles. The Labute approximate surface area is 115 Å². The third-order valence-corrected chi connectivity index (χ3v) is 3.84. The van der Waals surface area contributed by atoms with Gasteiger partial charge in [0.2, 0.25) is 0 Å². The van der Waals surface area contributed by atoms with Crippen LogP contribution in [0.2, 0.25) is 0 Å². The van der Waals surface area contributed by atoms with E-state index in [2.05, 4.69) is 10.2 Å². The van der Waals surface area contributed by atoms with E-state index >= 15 is 0 Å². The molecule has 104 valence electrons. The van der Waals surface area contributed by atoms with E-state index in [1.807, 2.05) is 12.1 Å². The fraction of sp³-hybridized carbons (Fsp3) is 0.357.